The minimum atomic E-state index is -0.799. The Labute approximate surface area is 206 Å². The molecule has 1 unspecified atom stereocenters. The van der Waals surface area contributed by atoms with E-state index in [0.717, 1.165) is 11.3 Å². The molecule has 0 aliphatic carbocycles. The van der Waals surface area contributed by atoms with Crippen molar-refractivity contribution in [3.8, 4) is 5.69 Å². The van der Waals surface area contributed by atoms with E-state index in [1.807, 2.05) is 36.4 Å². The predicted octanol–water partition coefficient (Wildman–Crippen LogP) is 4.85. The summed E-state index contributed by atoms with van der Waals surface area (Å²) < 4.78 is 1.68. The molecule has 1 aliphatic heterocycles. The number of amides is 1. The summed E-state index contributed by atoms with van der Waals surface area (Å²) in [5.74, 6) is -1.71. The highest BCUT2D eigenvalue weighted by Crippen LogP contribution is 2.41. The molecule has 35 heavy (non-hydrogen) atoms. The average molecular weight is 485 g/mol. The molecular formula is C27H21ClN4O3. The highest BCUT2D eigenvalue weighted by molar-refractivity contribution is 6.46. The van der Waals surface area contributed by atoms with Crippen molar-refractivity contribution in [1.82, 2.24) is 19.7 Å². The van der Waals surface area contributed by atoms with Gasteiger partial charge in [-0.25, -0.2) is 4.68 Å². The third-order valence-electron chi connectivity index (χ3n) is 6.07. The molecule has 0 saturated carbocycles. The fourth-order valence-corrected chi connectivity index (χ4v) is 4.47. The largest absolute Gasteiger partial charge is 0.507 e. The number of nitrogens with zero attached hydrogens (tertiary/aromatic N) is 4. The number of Topliss-reactive ketones (excluding diaryl/α,β-unsaturated/α-hetero) is 1. The van der Waals surface area contributed by atoms with Gasteiger partial charge in [0.1, 0.15) is 5.76 Å². The zero-order valence-corrected chi connectivity index (χ0v) is 19.6. The Hall–Kier alpha value is -4.23. The smallest absolute Gasteiger partial charge is 0.295 e. The number of halogens is 1. The molecule has 7 nitrogen and oxygen atoms in total. The van der Waals surface area contributed by atoms with E-state index in [9.17, 15) is 14.7 Å². The molecule has 5 rings (SSSR count). The van der Waals surface area contributed by atoms with E-state index >= 15 is 0 Å². The maximum absolute atomic E-state index is 13.3. The van der Waals surface area contributed by atoms with Crippen LogP contribution in [0.15, 0.2) is 90.9 Å². The quantitative estimate of drug-likeness (QED) is 0.248. The van der Waals surface area contributed by atoms with Crippen LogP contribution < -0.4 is 0 Å². The fraction of sp³-hybridized carbons (Fsp3) is 0.111. The van der Waals surface area contributed by atoms with Crippen molar-refractivity contribution in [2.24, 2.45) is 0 Å². The molecule has 4 aromatic rings. The molecule has 1 aliphatic rings. The minimum absolute atomic E-state index is 0.0110. The van der Waals surface area contributed by atoms with Gasteiger partial charge in [-0.05, 0) is 48.4 Å². The van der Waals surface area contributed by atoms with Crippen molar-refractivity contribution in [2.75, 3.05) is 0 Å². The van der Waals surface area contributed by atoms with Crippen LogP contribution in [0.2, 0.25) is 5.02 Å². The minimum Gasteiger partial charge on any atom is -0.507 e. The van der Waals surface area contributed by atoms with Gasteiger partial charge in [0.2, 0.25) is 0 Å². The van der Waals surface area contributed by atoms with Gasteiger partial charge in [0, 0.05) is 24.0 Å². The molecule has 1 saturated heterocycles. The normalized spacial score (nSPS) is 17.2. The first-order chi connectivity index (χ1) is 17.0. The standard InChI is InChI=1S/C27H21ClN4O3/c1-17-22(15-30-32(17)21-7-3-2-4-8-21)25(33)23-24(19-9-11-20(28)12-10-19)31(27(35)26(23)34)16-18-6-5-13-29-14-18/h2-15,24,33H,16H2,1H3/b25-23+. The van der Waals surface area contributed by atoms with Gasteiger partial charge in [0.15, 0.2) is 0 Å². The molecule has 3 heterocycles. The van der Waals surface area contributed by atoms with Crippen LogP contribution in [0.25, 0.3) is 11.4 Å². The maximum atomic E-state index is 13.3. The summed E-state index contributed by atoms with van der Waals surface area (Å²) in [7, 11) is 0. The Morgan fingerprint density at radius 1 is 1.00 bits per heavy atom. The van der Waals surface area contributed by atoms with E-state index in [1.165, 1.54) is 11.1 Å². The average Bonchev–Trinajstić information content (AvgIpc) is 3.38. The molecule has 1 fully saturated rings. The first-order valence-electron chi connectivity index (χ1n) is 11.0. The summed E-state index contributed by atoms with van der Waals surface area (Å²) in [5.41, 5.74) is 3.27. The van der Waals surface area contributed by atoms with Crippen LogP contribution in [0.4, 0.5) is 0 Å². The van der Waals surface area contributed by atoms with Crippen molar-refractivity contribution >= 4 is 29.1 Å². The van der Waals surface area contributed by atoms with Crippen LogP contribution >= 0.6 is 11.6 Å². The van der Waals surface area contributed by atoms with E-state index in [4.69, 9.17) is 11.6 Å². The van der Waals surface area contributed by atoms with Crippen molar-refractivity contribution in [2.45, 2.75) is 19.5 Å². The molecule has 8 heteroatoms. The lowest BCUT2D eigenvalue weighted by Crippen LogP contribution is -2.29. The molecule has 0 radical (unpaired) electrons. The lowest BCUT2D eigenvalue weighted by atomic mass is 9.95. The fourth-order valence-electron chi connectivity index (χ4n) is 4.34. The molecule has 1 N–H and O–H groups in total. The van der Waals surface area contributed by atoms with E-state index in [0.29, 0.717) is 21.8 Å². The highest BCUT2D eigenvalue weighted by atomic mass is 35.5. The predicted molar refractivity (Wildman–Crippen MR) is 132 cm³/mol. The molecular weight excluding hydrogens is 464 g/mol. The Morgan fingerprint density at radius 3 is 2.43 bits per heavy atom. The van der Waals surface area contributed by atoms with Crippen molar-refractivity contribution in [3.63, 3.8) is 0 Å². The number of likely N-dealkylation sites (tertiary alicyclic amines) is 1. The number of para-hydroxylation sites is 1. The van der Waals surface area contributed by atoms with Gasteiger partial charge in [-0.1, -0.05) is 48.0 Å². The first kappa shape index (κ1) is 22.6. The lowest BCUT2D eigenvalue weighted by molar-refractivity contribution is -0.140. The number of hydrogen-bond acceptors (Lipinski definition) is 5. The van der Waals surface area contributed by atoms with Gasteiger partial charge < -0.3 is 10.0 Å². The second kappa shape index (κ2) is 9.19. The summed E-state index contributed by atoms with van der Waals surface area (Å²) in [5, 5.41) is 16.3. The Balaban J connectivity index is 1.64. The first-order valence-corrected chi connectivity index (χ1v) is 11.4. The van der Waals surface area contributed by atoms with Gasteiger partial charge in [-0.2, -0.15) is 5.10 Å². The zero-order chi connectivity index (χ0) is 24.5. The molecule has 0 spiro atoms. The highest BCUT2D eigenvalue weighted by Gasteiger charge is 2.46. The van der Waals surface area contributed by atoms with Crippen LogP contribution in [0, 0.1) is 6.92 Å². The second-order valence-corrected chi connectivity index (χ2v) is 8.67. The van der Waals surface area contributed by atoms with E-state index in [1.54, 1.807) is 54.3 Å². The Bertz CT molecular complexity index is 1430. The Morgan fingerprint density at radius 2 is 1.74 bits per heavy atom. The molecule has 0 bridgehead atoms. The second-order valence-electron chi connectivity index (χ2n) is 8.23. The monoisotopic (exact) mass is 484 g/mol. The van der Waals surface area contributed by atoms with E-state index < -0.39 is 17.7 Å². The number of hydrogen-bond donors (Lipinski definition) is 1. The van der Waals surface area contributed by atoms with Gasteiger partial charge in [-0.3, -0.25) is 14.6 Å². The maximum Gasteiger partial charge on any atom is 0.295 e. The number of carbonyl (C=O) groups is 2. The third kappa shape index (κ3) is 4.11. The third-order valence-corrected chi connectivity index (χ3v) is 6.32. The molecule has 2 aromatic carbocycles. The van der Waals surface area contributed by atoms with E-state index in [-0.39, 0.29) is 17.9 Å². The summed E-state index contributed by atoms with van der Waals surface area (Å²) in [6.07, 6.45) is 4.79. The van der Waals surface area contributed by atoms with Gasteiger partial charge >= 0.3 is 0 Å². The van der Waals surface area contributed by atoms with Gasteiger partial charge in [0.05, 0.1) is 34.8 Å². The number of benzene rings is 2. The zero-order valence-electron chi connectivity index (χ0n) is 18.8. The topological polar surface area (TPSA) is 88.3 Å². The van der Waals surface area contributed by atoms with Crippen molar-refractivity contribution in [1.29, 1.82) is 0 Å². The van der Waals surface area contributed by atoms with Crippen LogP contribution in [0.3, 0.4) is 0 Å². The van der Waals surface area contributed by atoms with Crippen LogP contribution in [-0.2, 0) is 16.1 Å². The number of aromatic nitrogens is 3. The lowest BCUT2D eigenvalue weighted by Gasteiger charge is -2.25. The van der Waals surface area contributed by atoms with Gasteiger partial charge in [0.25, 0.3) is 11.7 Å². The number of pyridine rings is 1. The molecule has 2 aromatic heterocycles. The van der Waals surface area contributed by atoms with Crippen molar-refractivity contribution < 1.29 is 14.7 Å². The van der Waals surface area contributed by atoms with Crippen LogP contribution in [-0.4, -0.2) is 36.5 Å². The number of aliphatic hydroxyl groups is 1. The van der Waals surface area contributed by atoms with Gasteiger partial charge in [-0.15, -0.1) is 0 Å². The van der Waals surface area contributed by atoms with Crippen molar-refractivity contribution in [3.05, 3.63) is 118 Å². The molecule has 1 atom stereocenters. The number of rotatable bonds is 5. The summed E-state index contributed by atoms with van der Waals surface area (Å²) >= 11 is 6.09. The number of ketones is 1. The molecule has 1 amide bonds. The molecule has 174 valence electrons. The summed E-state index contributed by atoms with van der Waals surface area (Å²) in [6, 6.07) is 19.2. The van der Waals surface area contributed by atoms with E-state index in [2.05, 4.69) is 10.1 Å². The SMILES string of the molecule is Cc1c(/C(O)=C2\C(=O)C(=O)N(Cc3cccnc3)C2c2ccc(Cl)cc2)cnn1-c1ccccc1. The number of carbonyl (C=O) groups excluding carboxylic acids is 2. The number of aliphatic hydroxyl groups excluding tert-OH is 1. The Kier molecular flexibility index (Phi) is 5.93. The summed E-state index contributed by atoms with van der Waals surface area (Å²) in [6.45, 7) is 1.96. The van der Waals surface area contributed by atoms with Crippen LogP contribution in [0.5, 0.6) is 0 Å². The van der Waals surface area contributed by atoms with Crippen LogP contribution in [0.1, 0.15) is 28.4 Å². The summed E-state index contributed by atoms with van der Waals surface area (Å²) in [4.78, 5) is 32.0.